The molecule has 4 N–H and O–H groups in total. The average molecular weight is 382 g/mol. The minimum Gasteiger partial charge on any atom is -0.487 e. The van der Waals surface area contributed by atoms with E-state index in [1.807, 2.05) is 0 Å². The number of rotatable bonds is 6. The van der Waals surface area contributed by atoms with Crippen molar-refractivity contribution in [3.8, 4) is 5.75 Å². The second-order valence-electron chi connectivity index (χ2n) is 6.18. The number of benzene rings is 1. The summed E-state index contributed by atoms with van der Waals surface area (Å²) in [6.07, 6.45) is -6.53. The van der Waals surface area contributed by atoms with E-state index in [0.717, 1.165) is 12.1 Å². The van der Waals surface area contributed by atoms with E-state index in [1.54, 1.807) is 0 Å². The van der Waals surface area contributed by atoms with Gasteiger partial charge in [0.1, 0.15) is 17.9 Å². The monoisotopic (exact) mass is 382 g/mol. The van der Waals surface area contributed by atoms with Crippen molar-refractivity contribution in [2.75, 3.05) is 17.7 Å². The summed E-state index contributed by atoms with van der Waals surface area (Å²) >= 11 is 0. The highest BCUT2D eigenvalue weighted by Gasteiger charge is 2.41. The number of anilines is 2. The van der Waals surface area contributed by atoms with Crippen LogP contribution in [0.1, 0.15) is 36.0 Å². The fourth-order valence-corrected chi connectivity index (χ4v) is 2.94. The molecule has 0 atom stereocenters. The molecule has 1 aromatic rings. The first-order valence-electron chi connectivity index (χ1n) is 7.99. The summed E-state index contributed by atoms with van der Waals surface area (Å²) in [5.41, 5.74) is 5.74. The SMILES string of the molecule is Nc1cc(OCC(F)F)c(C(=O)O)cc1NC1CCC(C(F)(F)F)CC1. The number of nitrogens with one attached hydrogen (secondary N) is 1. The van der Waals surface area contributed by atoms with Gasteiger partial charge in [-0.3, -0.25) is 0 Å². The Kier molecular flexibility index (Phi) is 6.14. The number of nitrogen functional groups attached to an aromatic ring is 1. The molecule has 1 aromatic carbocycles. The Morgan fingerprint density at radius 3 is 2.38 bits per heavy atom. The number of hydrogen-bond acceptors (Lipinski definition) is 4. The zero-order chi connectivity index (χ0) is 19.5. The Morgan fingerprint density at radius 2 is 1.88 bits per heavy atom. The number of alkyl halides is 5. The predicted molar refractivity (Wildman–Crippen MR) is 84.7 cm³/mol. The minimum absolute atomic E-state index is 0.0254. The lowest BCUT2D eigenvalue weighted by Crippen LogP contribution is -2.33. The molecule has 0 spiro atoms. The summed E-state index contributed by atoms with van der Waals surface area (Å²) in [6.45, 7) is -0.978. The second-order valence-corrected chi connectivity index (χ2v) is 6.18. The van der Waals surface area contributed by atoms with Crippen LogP contribution in [0.3, 0.4) is 0 Å². The first-order valence-corrected chi connectivity index (χ1v) is 7.99. The van der Waals surface area contributed by atoms with Crippen LogP contribution in [0.25, 0.3) is 0 Å². The highest BCUT2D eigenvalue weighted by molar-refractivity contribution is 5.94. The third kappa shape index (κ3) is 5.12. The number of nitrogens with two attached hydrogens (primary N) is 1. The van der Waals surface area contributed by atoms with Gasteiger partial charge in [0, 0.05) is 12.1 Å². The van der Waals surface area contributed by atoms with Gasteiger partial charge < -0.3 is 20.9 Å². The van der Waals surface area contributed by atoms with Gasteiger partial charge in [0.05, 0.1) is 17.3 Å². The maximum Gasteiger partial charge on any atom is 0.391 e. The van der Waals surface area contributed by atoms with E-state index in [9.17, 15) is 31.9 Å². The average Bonchev–Trinajstić information content (AvgIpc) is 2.54. The molecule has 5 nitrogen and oxygen atoms in total. The number of ether oxygens (including phenoxy) is 1. The molecule has 10 heteroatoms. The molecule has 0 unspecified atom stereocenters. The summed E-state index contributed by atoms with van der Waals surface area (Å²) in [5, 5.41) is 12.2. The zero-order valence-corrected chi connectivity index (χ0v) is 13.7. The highest BCUT2D eigenvalue weighted by atomic mass is 19.4. The predicted octanol–water partition coefficient (Wildman–Crippen LogP) is 4.14. The van der Waals surface area contributed by atoms with E-state index in [-0.39, 0.29) is 54.4 Å². The van der Waals surface area contributed by atoms with E-state index in [4.69, 9.17) is 10.5 Å². The summed E-state index contributed by atoms with van der Waals surface area (Å²) in [5.74, 6) is -3.02. The molecule has 146 valence electrons. The fourth-order valence-electron chi connectivity index (χ4n) is 2.94. The van der Waals surface area contributed by atoms with E-state index < -0.39 is 31.1 Å². The van der Waals surface area contributed by atoms with Crippen molar-refractivity contribution in [1.82, 2.24) is 0 Å². The maximum atomic E-state index is 12.7. The van der Waals surface area contributed by atoms with Crippen molar-refractivity contribution in [1.29, 1.82) is 0 Å². The van der Waals surface area contributed by atoms with Crippen molar-refractivity contribution >= 4 is 17.3 Å². The molecule has 1 aliphatic rings. The van der Waals surface area contributed by atoms with Crippen LogP contribution < -0.4 is 15.8 Å². The molecule has 0 aromatic heterocycles. The van der Waals surface area contributed by atoms with Crippen LogP contribution in [-0.2, 0) is 0 Å². The lowest BCUT2D eigenvalue weighted by Gasteiger charge is -2.31. The van der Waals surface area contributed by atoms with Crippen LogP contribution in [0, 0.1) is 5.92 Å². The van der Waals surface area contributed by atoms with Gasteiger partial charge in [-0.2, -0.15) is 13.2 Å². The smallest absolute Gasteiger partial charge is 0.391 e. The lowest BCUT2D eigenvalue weighted by atomic mass is 9.85. The molecule has 0 saturated heterocycles. The summed E-state index contributed by atoms with van der Waals surface area (Å²) in [4.78, 5) is 11.3. The molecule has 0 aliphatic heterocycles. The van der Waals surface area contributed by atoms with Crippen LogP contribution in [0.2, 0.25) is 0 Å². The number of carbonyl (C=O) groups is 1. The van der Waals surface area contributed by atoms with Gasteiger partial charge in [-0.15, -0.1) is 0 Å². The molecule has 1 saturated carbocycles. The van der Waals surface area contributed by atoms with Gasteiger partial charge in [0.15, 0.2) is 0 Å². The molecular weight excluding hydrogens is 363 g/mol. The van der Waals surface area contributed by atoms with Crippen LogP contribution in [0.5, 0.6) is 5.75 Å². The largest absolute Gasteiger partial charge is 0.487 e. The third-order valence-corrected chi connectivity index (χ3v) is 4.30. The van der Waals surface area contributed by atoms with Gasteiger partial charge in [0.2, 0.25) is 0 Å². The molecule has 0 amide bonds. The zero-order valence-electron chi connectivity index (χ0n) is 13.7. The Bertz CT molecular complexity index is 644. The van der Waals surface area contributed by atoms with Gasteiger partial charge in [-0.05, 0) is 31.7 Å². The van der Waals surface area contributed by atoms with Gasteiger partial charge >= 0.3 is 12.1 Å². The number of carboxylic acid groups (broad SMARTS) is 1. The maximum absolute atomic E-state index is 12.7. The van der Waals surface area contributed by atoms with Crippen LogP contribution in [0.4, 0.5) is 33.3 Å². The molecule has 1 aliphatic carbocycles. The van der Waals surface area contributed by atoms with Crippen LogP contribution in [-0.4, -0.2) is 36.3 Å². The van der Waals surface area contributed by atoms with Crippen molar-refractivity contribution in [3.63, 3.8) is 0 Å². The second kappa shape index (κ2) is 7.96. The standard InChI is InChI=1S/C16H19F5N2O3/c17-14(18)7-26-13-6-11(22)12(5-10(13)15(24)25)23-9-3-1-8(2-4-9)16(19,20)21/h5-6,8-9,14,23H,1-4,7,22H2,(H,24,25). The third-order valence-electron chi connectivity index (χ3n) is 4.30. The summed E-state index contributed by atoms with van der Waals surface area (Å²) in [6, 6.07) is 1.98. The van der Waals surface area contributed by atoms with Crippen molar-refractivity contribution < 1.29 is 36.6 Å². The molecule has 2 rings (SSSR count). The Hall–Kier alpha value is -2.26. The van der Waals surface area contributed by atoms with Gasteiger partial charge in [-0.1, -0.05) is 0 Å². The summed E-state index contributed by atoms with van der Waals surface area (Å²) in [7, 11) is 0. The molecule has 0 heterocycles. The highest BCUT2D eigenvalue weighted by Crippen LogP contribution is 2.39. The molecular formula is C16H19F5N2O3. The molecule has 0 radical (unpaired) electrons. The fraction of sp³-hybridized carbons (Fsp3) is 0.562. The van der Waals surface area contributed by atoms with E-state index in [1.165, 1.54) is 0 Å². The number of carboxylic acids is 1. The Labute approximate surface area is 146 Å². The van der Waals surface area contributed by atoms with Gasteiger partial charge in [-0.25, -0.2) is 13.6 Å². The Balaban J connectivity index is 2.10. The van der Waals surface area contributed by atoms with E-state index in [2.05, 4.69) is 5.32 Å². The van der Waals surface area contributed by atoms with Crippen LogP contribution in [0.15, 0.2) is 12.1 Å². The van der Waals surface area contributed by atoms with Crippen molar-refractivity contribution in [2.45, 2.75) is 44.3 Å². The number of hydrogen-bond donors (Lipinski definition) is 3. The lowest BCUT2D eigenvalue weighted by molar-refractivity contribution is -0.182. The first kappa shape index (κ1) is 20.1. The van der Waals surface area contributed by atoms with Gasteiger partial charge in [0.25, 0.3) is 6.43 Å². The van der Waals surface area contributed by atoms with E-state index in [0.29, 0.717) is 0 Å². The van der Waals surface area contributed by atoms with Crippen molar-refractivity contribution in [2.24, 2.45) is 5.92 Å². The molecule has 1 fully saturated rings. The topological polar surface area (TPSA) is 84.6 Å². The minimum atomic E-state index is -4.22. The number of halogens is 5. The van der Waals surface area contributed by atoms with E-state index >= 15 is 0 Å². The Morgan fingerprint density at radius 1 is 1.27 bits per heavy atom. The van der Waals surface area contributed by atoms with Crippen LogP contribution >= 0.6 is 0 Å². The normalized spacial score (nSPS) is 20.8. The molecule has 0 bridgehead atoms. The van der Waals surface area contributed by atoms with Crippen molar-refractivity contribution in [3.05, 3.63) is 17.7 Å². The first-order chi connectivity index (χ1) is 12.1. The quantitative estimate of drug-likeness (QED) is 0.509. The molecule has 26 heavy (non-hydrogen) atoms. The number of aromatic carboxylic acids is 1. The summed E-state index contributed by atoms with van der Waals surface area (Å²) < 4.78 is 67.4.